The van der Waals surface area contributed by atoms with Crippen LogP contribution in [0, 0.1) is 0 Å². The van der Waals surface area contributed by atoms with Crippen LogP contribution in [-0.4, -0.2) is 50.0 Å². The van der Waals surface area contributed by atoms with Crippen molar-refractivity contribution in [3.05, 3.63) is 81.9 Å². The number of rotatable bonds is 11. The number of carbonyl (C=O) groups excluding carboxylic acids is 2. The van der Waals surface area contributed by atoms with Crippen LogP contribution in [-0.2, 0) is 19.1 Å². The zero-order chi connectivity index (χ0) is 31.3. The fourth-order valence-corrected chi connectivity index (χ4v) is 6.52. The maximum atomic E-state index is 14.0. The first kappa shape index (κ1) is 32.3. The molecule has 13 heteroatoms. The minimum Gasteiger partial charge on any atom is -0.491 e. The summed E-state index contributed by atoms with van der Waals surface area (Å²) in [7, 11) is 1.27. The summed E-state index contributed by atoms with van der Waals surface area (Å²) in [4.78, 5) is 43.9. The molecule has 1 aliphatic rings. The summed E-state index contributed by atoms with van der Waals surface area (Å²) < 4.78 is 29.6. The van der Waals surface area contributed by atoms with Gasteiger partial charge in [-0.3, -0.25) is 9.36 Å². The van der Waals surface area contributed by atoms with Gasteiger partial charge in [0.05, 0.1) is 58.3 Å². The maximum Gasteiger partial charge on any atom is 0.343 e. The Bertz CT molecular complexity index is 1740. The molecule has 0 unspecified atom stereocenters. The molecule has 2 heterocycles. The van der Waals surface area contributed by atoms with Crippen molar-refractivity contribution < 1.29 is 33.3 Å². The minimum atomic E-state index is -0.873. The molecule has 3 aromatic rings. The van der Waals surface area contributed by atoms with E-state index in [9.17, 15) is 14.4 Å². The lowest BCUT2D eigenvalue weighted by Crippen LogP contribution is -2.40. The van der Waals surface area contributed by atoms with Gasteiger partial charge in [-0.05, 0) is 85.1 Å². The number of halogens is 2. The fraction of sp³-hybridized carbons (Fsp3) is 0.333. The van der Waals surface area contributed by atoms with E-state index >= 15 is 0 Å². The SMILES string of the molecule is CCOC(=O)C1=C(C)N=c2s/c(=C\c3cc(Cl)c(OCC)c(Br)c3)c(=O)n2[C@H]1c1ccc(OCC(=O)OC)c(OCC)c1. The average Bonchev–Trinajstić information content (AvgIpc) is 3.27. The van der Waals surface area contributed by atoms with E-state index in [1.165, 1.54) is 23.0 Å². The molecule has 228 valence electrons. The van der Waals surface area contributed by atoms with E-state index in [0.29, 0.717) is 66.1 Å². The molecule has 1 atom stereocenters. The monoisotopic (exact) mass is 692 g/mol. The van der Waals surface area contributed by atoms with Crippen molar-refractivity contribution in [3.63, 3.8) is 0 Å². The van der Waals surface area contributed by atoms with E-state index in [-0.39, 0.29) is 24.3 Å². The number of nitrogens with zero attached hydrogens (tertiary/aromatic N) is 2. The van der Waals surface area contributed by atoms with Gasteiger partial charge in [0.2, 0.25) is 0 Å². The summed E-state index contributed by atoms with van der Waals surface area (Å²) in [5.41, 5.74) is 1.53. The molecule has 0 radical (unpaired) electrons. The second kappa shape index (κ2) is 14.2. The average molecular weight is 694 g/mol. The van der Waals surface area contributed by atoms with Gasteiger partial charge in [0, 0.05) is 0 Å². The number of hydrogen-bond donors (Lipinski definition) is 0. The van der Waals surface area contributed by atoms with Gasteiger partial charge in [0.25, 0.3) is 5.56 Å². The van der Waals surface area contributed by atoms with E-state index < -0.39 is 18.0 Å². The molecule has 1 aromatic heterocycles. The molecule has 4 rings (SSSR count). The number of ether oxygens (including phenoxy) is 5. The lowest BCUT2D eigenvalue weighted by molar-refractivity contribution is -0.143. The standard InChI is InChI=1S/C30H30BrClN2O8S/c1-6-39-22-14-18(9-10-21(22)42-15-24(35)38-5)26-25(29(37)41-8-3)16(4)33-30-34(26)28(36)23(43-30)13-17-11-19(31)27(40-7-2)20(32)12-17/h9-14,26H,6-8,15H2,1-5H3/b23-13-/t26-/m0/s1. The number of benzene rings is 2. The number of aromatic nitrogens is 1. The van der Waals surface area contributed by atoms with Gasteiger partial charge in [-0.15, -0.1) is 0 Å². The van der Waals surface area contributed by atoms with Gasteiger partial charge in [-0.1, -0.05) is 29.0 Å². The predicted molar refractivity (Wildman–Crippen MR) is 166 cm³/mol. The molecule has 0 aliphatic carbocycles. The fourth-order valence-electron chi connectivity index (χ4n) is 4.48. The number of thiazole rings is 1. The summed E-state index contributed by atoms with van der Waals surface area (Å²) in [6.45, 7) is 7.66. The molecule has 2 aromatic carbocycles. The Morgan fingerprint density at radius 2 is 1.81 bits per heavy atom. The molecule has 0 amide bonds. The Morgan fingerprint density at radius 1 is 1.07 bits per heavy atom. The van der Waals surface area contributed by atoms with Gasteiger partial charge in [0.1, 0.15) is 0 Å². The number of esters is 2. The molecular formula is C30H30BrClN2O8S. The minimum absolute atomic E-state index is 0.143. The van der Waals surface area contributed by atoms with Crippen LogP contribution in [0.15, 0.2) is 55.9 Å². The molecule has 0 bridgehead atoms. The highest BCUT2D eigenvalue weighted by molar-refractivity contribution is 9.10. The summed E-state index contributed by atoms with van der Waals surface area (Å²) in [5.74, 6) is 0.0102. The first-order chi connectivity index (χ1) is 20.6. The summed E-state index contributed by atoms with van der Waals surface area (Å²) in [6.07, 6.45) is 1.71. The zero-order valence-electron chi connectivity index (χ0n) is 24.2. The van der Waals surface area contributed by atoms with Gasteiger partial charge < -0.3 is 23.7 Å². The predicted octanol–water partition coefficient (Wildman–Crippen LogP) is 4.56. The van der Waals surface area contributed by atoms with Gasteiger partial charge in [-0.25, -0.2) is 14.6 Å². The van der Waals surface area contributed by atoms with Crippen molar-refractivity contribution >= 4 is 56.9 Å². The molecule has 0 saturated heterocycles. The quantitative estimate of drug-likeness (QED) is 0.269. The van der Waals surface area contributed by atoms with Crippen LogP contribution >= 0.6 is 38.9 Å². The molecule has 0 fully saturated rings. The van der Waals surface area contributed by atoms with Crippen LogP contribution in [0.3, 0.4) is 0 Å². The Hall–Kier alpha value is -3.61. The van der Waals surface area contributed by atoms with Crippen LogP contribution in [0.4, 0.5) is 0 Å². The second-order valence-corrected chi connectivity index (χ2v) is 11.3. The van der Waals surface area contributed by atoms with Gasteiger partial charge in [0.15, 0.2) is 28.7 Å². The molecule has 0 spiro atoms. The summed E-state index contributed by atoms with van der Waals surface area (Å²) in [5, 5.41) is 0.395. The third-order valence-electron chi connectivity index (χ3n) is 6.28. The lowest BCUT2D eigenvalue weighted by atomic mass is 9.95. The molecule has 0 saturated carbocycles. The highest BCUT2D eigenvalue weighted by Gasteiger charge is 2.34. The highest BCUT2D eigenvalue weighted by Crippen LogP contribution is 2.37. The van der Waals surface area contributed by atoms with E-state index in [1.807, 2.05) is 13.0 Å². The number of allylic oxidation sites excluding steroid dienone is 1. The van der Waals surface area contributed by atoms with Crippen molar-refractivity contribution in [2.24, 2.45) is 4.99 Å². The van der Waals surface area contributed by atoms with E-state index in [0.717, 1.165) is 0 Å². The Morgan fingerprint density at radius 3 is 2.47 bits per heavy atom. The van der Waals surface area contributed by atoms with Crippen LogP contribution in [0.5, 0.6) is 17.2 Å². The molecular weight excluding hydrogens is 664 g/mol. The number of methoxy groups -OCH3 is 1. The van der Waals surface area contributed by atoms with Crippen LogP contribution in [0.1, 0.15) is 44.9 Å². The van der Waals surface area contributed by atoms with Gasteiger partial charge >= 0.3 is 11.9 Å². The van der Waals surface area contributed by atoms with E-state index in [2.05, 4.69) is 25.7 Å². The van der Waals surface area contributed by atoms with Crippen molar-refractivity contribution in [2.75, 3.05) is 33.5 Å². The van der Waals surface area contributed by atoms with Crippen LogP contribution < -0.4 is 29.1 Å². The third kappa shape index (κ3) is 6.97. The molecule has 0 N–H and O–H groups in total. The van der Waals surface area contributed by atoms with Crippen LogP contribution in [0.25, 0.3) is 6.08 Å². The topological polar surface area (TPSA) is 115 Å². The first-order valence-electron chi connectivity index (χ1n) is 13.4. The van der Waals surface area contributed by atoms with Crippen molar-refractivity contribution in [1.29, 1.82) is 0 Å². The smallest absolute Gasteiger partial charge is 0.343 e. The van der Waals surface area contributed by atoms with Crippen molar-refractivity contribution in [3.8, 4) is 17.2 Å². The van der Waals surface area contributed by atoms with Crippen molar-refractivity contribution in [2.45, 2.75) is 33.7 Å². The number of carbonyl (C=O) groups is 2. The Kier molecular flexibility index (Phi) is 10.7. The van der Waals surface area contributed by atoms with Crippen molar-refractivity contribution in [1.82, 2.24) is 4.57 Å². The Balaban J connectivity index is 1.89. The zero-order valence-corrected chi connectivity index (χ0v) is 27.4. The maximum absolute atomic E-state index is 14.0. The highest BCUT2D eigenvalue weighted by atomic mass is 79.9. The van der Waals surface area contributed by atoms with E-state index in [4.69, 9.17) is 30.5 Å². The van der Waals surface area contributed by atoms with E-state index in [1.54, 1.807) is 51.1 Å². The largest absolute Gasteiger partial charge is 0.491 e. The second-order valence-electron chi connectivity index (χ2n) is 9.05. The normalized spacial score (nSPS) is 14.6. The number of fused-ring (bicyclic) bond motifs is 1. The molecule has 1 aliphatic heterocycles. The van der Waals surface area contributed by atoms with Crippen LogP contribution in [0.2, 0.25) is 5.02 Å². The number of hydrogen-bond acceptors (Lipinski definition) is 10. The molecule has 43 heavy (non-hydrogen) atoms. The first-order valence-corrected chi connectivity index (χ1v) is 15.4. The van der Waals surface area contributed by atoms with Gasteiger partial charge in [-0.2, -0.15) is 0 Å². The lowest BCUT2D eigenvalue weighted by Gasteiger charge is -2.25. The third-order valence-corrected chi connectivity index (χ3v) is 8.13. The summed E-state index contributed by atoms with van der Waals surface area (Å²) >= 11 is 11.1. The Labute approximate surface area is 265 Å². The summed E-state index contributed by atoms with van der Waals surface area (Å²) in [6, 6.07) is 7.66. The molecule has 10 nitrogen and oxygen atoms in total.